The Hall–Kier alpha value is -5.26. The number of hydrogen-bond acceptors (Lipinski definition) is 8. The van der Waals surface area contributed by atoms with Crippen molar-refractivity contribution >= 4 is 39.8 Å². The first kappa shape index (κ1) is 26.4. The maximum absolute atomic E-state index is 15.4. The fraction of sp³-hybridized carbons (Fsp3) is 0.207. The fourth-order valence-corrected chi connectivity index (χ4v) is 4.73. The molecule has 11 heteroatoms. The van der Waals surface area contributed by atoms with Gasteiger partial charge in [-0.15, -0.1) is 0 Å². The van der Waals surface area contributed by atoms with Crippen molar-refractivity contribution in [3.63, 3.8) is 0 Å². The lowest BCUT2D eigenvalue weighted by Crippen LogP contribution is -2.44. The molecule has 0 bridgehead atoms. The number of hydrogen-bond donors (Lipinski definition) is 2. The van der Waals surface area contributed by atoms with E-state index in [1.807, 2.05) is 36.2 Å². The van der Waals surface area contributed by atoms with Crippen LogP contribution in [0.15, 0.2) is 61.4 Å². The number of nitriles is 2. The van der Waals surface area contributed by atoms with Gasteiger partial charge in [-0.25, -0.2) is 14.4 Å². The summed E-state index contributed by atoms with van der Waals surface area (Å²) in [6.45, 7) is 6.52. The Balaban J connectivity index is 1.56. The van der Waals surface area contributed by atoms with Crippen molar-refractivity contribution in [2.24, 2.45) is 0 Å². The van der Waals surface area contributed by atoms with Crippen molar-refractivity contribution in [1.82, 2.24) is 19.4 Å². The van der Waals surface area contributed by atoms with Crippen molar-refractivity contribution in [2.45, 2.75) is 6.54 Å². The SMILES string of the molecule is C=CC(=O)Nc1cc(N2CCN(C)CC2)c(F)cc1Nc1ncc(C#N)c(-c2cn(CC#N)c3ccccc23)n1. The van der Waals surface area contributed by atoms with Gasteiger partial charge in [-0.2, -0.15) is 10.5 Å². The number of fused-ring (bicyclic) bond motifs is 1. The number of carbonyl (C=O) groups is 1. The molecule has 2 aromatic heterocycles. The van der Waals surface area contributed by atoms with Crippen molar-refractivity contribution in [3.05, 3.63) is 72.8 Å². The molecule has 0 spiro atoms. The van der Waals surface area contributed by atoms with Crippen LogP contribution in [0.1, 0.15) is 5.56 Å². The van der Waals surface area contributed by atoms with Crippen LogP contribution in [-0.4, -0.2) is 58.6 Å². The van der Waals surface area contributed by atoms with E-state index in [2.05, 4.69) is 44.2 Å². The number of para-hydroxylation sites is 1. The van der Waals surface area contributed by atoms with Gasteiger partial charge in [-0.05, 0) is 25.3 Å². The highest BCUT2D eigenvalue weighted by molar-refractivity contribution is 6.02. The van der Waals surface area contributed by atoms with Crippen LogP contribution in [0.25, 0.3) is 22.2 Å². The largest absolute Gasteiger partial charge is 0.367 e. The van der Waals surface area contributed by atoms with E-state index in [-0.39, 0.29) is 23.7 Å². The highest BCUT2D eigenvalue weighted by atomic mass is 19.1. The van der Waals surface area contributed by atoms with Crippen molar-refractivity contribution in [1.29, 1.82) is 10.5 Å². The monoisotopic (exact) mass is 535 g/mol. The minimum atomic E-state index is -0.461. The van der Waals surface area contributed by atoms with Gasteiger partial charge in [0.05, 0.1) is 40.6 Å². The van der Waals surface area contributed by atoms with E-state index >= 15 is 4.39 Å². The van der Waals surface area contributed by atoms with Crippen molar-refractivity contribution in [3.8, 4) is 23.4 Å². The molecule has 2 aromatic carbocycles. The zero-order valence-electron chi connectivity index (χ0n) is 21.9. The lowest BCUT2D eigenvalue weighted by Gasteiger charge is -2.34. The third-order valence-corrected chi connectivity index (χ3v) is 6.81. The number of likely N-dealkylation sites (N-methyl/N-ethyl adjacent to an activating group) is 1. The molecular weight excluding hydrogens is 509 g/mol. The number of benzene rings is 2. The Morgan fingerprint density at radius 3 is 2.67 bits per heavy atom. The Kier molecular flexibility index (Phi) is 7.40. The topological polar surface area (TPSA) is 126 Å². The van der Waals surface area contributed by atoms with Crippen LogP contribution in [0.4, 0.5) is 27.4 Å². The molecular formula is C29H26FN9O. The van der Waals surface area contributed by atoms with Crippen LogP contribution in [-0.2, 0) is 11.3 Å². The first-order valence-corrected chi connectivity index (χ1v) is 12.6. The maximum atomic E-state index is 15.4. The fourth-order valence-electron chi connectivity index (χ4n) is 4.73. The van der Waals surface area contributed by atoms with Gasteiger partial charge in [0.2, 0.25) is 11.9 Å². The zero-order chi connectivity index (χ0) is 28.2. The summed E-state index contributed by atoms with van der Waals surface area (Å²) in [5.74, 6) is -0.810. The summed E-state index contributed by atoms with van der Waals surface area (Å²) in [6.07, 6.45) is 4.30. The minimum absolute atomic E-state index is 0.104. The molecule has 0 radical (unpaired) electrons. The predicted octanol–water partition coefficient (Wildman–Crippen LogP) is 4.25. The Morgan fingerprint density at radius 1 is 1.18 bits per heavy atom. The smallest absolute Gasteiger partial charge is 0.247 e. The Labute approximate surface area is 230 Å². The molecule has 5 rings (SSSR count). The average molecular weight is 536 g/mol. The number of aromatic nitrogens is 3. The molecule has 1 amide bonds. The van der Waals surface area contributed by atoms with Gasteiger partial charge in [-0.1, -0.05) is 24.8 Å². The molecule has 1 fully saturated rings. The average Bonchev–Trinajstić information content (AvgIpc) is 3.33. The molecule has 0 aliphatic carbocycles. The number of nitrogens with one attached hydrogen (secondary N) is 2. The van der Waals surface area contributed by atoms with E-state index in [0.29, 0.717) is 35.7 Å². The zero-order valence-corrected chi connectivity index (χ0v) is 21.9. The second-order valence-corrected chi connectivity index (χ2v) is 9.37. The standard InChI is InChI=1S/C29H26FN9O/c1-3-27(40)34-24-15-26(38-12-10-37(2)11-13-38)22(30)14-23(24)35-29-33-17-19(16-32)28(36-29)21-18-39(9-8-31)25-7-5-4-6-20(21)25/h3-7,14-15,17-18H,1,9-13H2,2H3,(H,34,40)(H,33,35,36). The summed E-state index contributed by atoms with van der Waals surface area (Å²) >= 11 is 0. The highest BCUT2D eigenvalue weighted by Gasteiger charge is 2.21. The molecule has 0 unspecified atom stereocenters. The minimum Gasteiger partial charge on any atom is -0.367 e. The second-order valence-electron chi connectivity index (χ2n) is 9.37. The molecule has 3 heterocycles. The van der Waals surface area contributed by atoms with Crippen LogP contribution in [0, 0.1) is 28.5 Å². The molecule has 0 atom stereocenters. The van der Waals surface area contributed by atoms with Gasteiger partial charge in [0.25, 0.3) is 0 Å². The van der Waals surface area contributed by atoms with Gasteiger partial charge < -0.3 is 25.0 Å². The lowest BCUT2D eigenvalue weighted by atomic mass is 10.1. The van der Waals surface area contributed by atoms with Crippen molar-refractivity contribution < 1.29 is 9.18 Å². The summed E-state index contributed by atoms with van der Waals surface area (Å²) in [7, 11) is 2.02. The van der Waals surface area contributed by atoms with Crippen LogP contribution in [0.3, 0.4) is 0 Å². The third kappa shape index (κ3) is 5.19. The van der Waals surface area contributed by atoms with Gasteiger partial charge in [-0.3, -0.25) is 4.79 Å². The molecule has 0 saturated carbocycles. The highest BCUT2D eigenvalue weighted by Crippen LogP contribution is 2.35. The van der Waals surface area contributed by atoms with Crippen LogP contribution >= 0.6 is 0 Å². The summed E-state index contributed by atoms with van der Waals surface area (Å²) in [5, 5.41) is 25.7. The van der Waals surface area contributed by atoms with Crippen LogP contribution < -0.4 is 15.5 Å². The third-order valence-electron chi connectivity index (χ3n) is 6.81. The number of carbonyl (C=O) groups excluding carboxylic acids is 1. The molecule has 40 heavy (non-hydrogen) atoms. The quantitative estimate of drug-likeness (QED) is 0.337. The molecule has 4 aromatic rings. The summed E-state index contributed by atoms with van der Waals surface area (Å²) in [6, 6.07) is 14.7. The van der Waals surface area contributed by atoms with Gasteiger partial charge in [0.15, 0.2) is 0 Å². The normalized spacial score (nSPS) is 13.4. The number of piperazine rings is 1. The van der Waals surface area contributed by atoms with E-state index in [1.54, 1.807) is 16.8 Å². The number of amides is 1. The lowest BCUT2D eigenvalue weighted by molar-refractivity contribution is -0.111. The maximum Gasteiger partial charge on any atom is 0.247 e. The molecule has 1 aliphatic heterocycles. The number of halogens is 1. The summed E-state index contributed by atoms with van der Waals surface area (Å²) in [4.78, 5) is 25.2. The molecule has 200 valence electrons. The first-order valence-electron chi connectivity index (χ1n) is 12.6. The number of anilines is 4. The van der Waals surface area contributed by atoms with Gasteiger partial charge in [0, 0.05) is 54.9 Å². The number of rotatable bonds is 7. The first-order chi connectivity index (χ1) is 19.4. The van der Waals surface area contributed by atoms with Gasteiger partial charge >= 0.3 is 0 Å². The summed E-state index contributed by atoms with van der Waals surface area (Å²) in [5.41, 5.74) is 3.04. The van der Waals surface area contributed by atoms with Crippen molar-refractivity contribution in [2.75, 3.05) is 48.8 Å². The van der Waals surface area contributed by atoms with E-state index in [0.717, 1.165) is 30.1 Å². The van der Waals surface area contributed by atoms with E-state index in [1.165, 1.54) is 12.3 Å². The van der Waals surface area contributed by atoms with E-state index in [4.69, 9.17) is 0 Å². The van der Waals surface area contributed by atoms with Crippen LogP contribution in [0.2, 0.25) is 0 Å². The van der Waals surface area contributed by atoms with E-state index in [9.17, 15) is 15.3 Å². The Bertz CT molecular complexity index is 1690. The predicted molar refractivity (Wildman–Crippen MR) is 152 cm³/mol. The molecule has 2 N–H and O–H groups in total. The molecule has 10 nitrogen and oxygen atoms in total. The molecule has 1 saturated heterocycles. The number of nitrogens with zero attached hydrogens (tertiary/aromatic N) is 7. The summed E-state index contributed by atoms with van der Waals surface area (Å²) < 4.78 is 17.2. The van der Waals surface area contributed by atoms with Crippen LogP contribution in [0.5, 0.6) is 0 Å². The molecule has 1 aliphatic rings. The van der Waals surface area contributed by atoms with E-state index < -0.39 is 11.7 Å². The second kappa shape index (κ2) is 11.2. The van der Waals surface area contributed by atoms with Gasteiger partial charge in [0.1, 0.15) is 18.4 Å². The Morgan fingerprint density at radius 2 is 1.95 bits per heavy atom.